The van der Waals surface area contributed by atoms with Crippen molar-refractivity contribution in [2.45, 2.75) is 0 Å². The van der Waals surface area contributed by atoms with Crippen molar-refractivity contribution in [3.63, 3.8) is 0 Å². The molecule has 11 rings (SSSR count). The van der Waals surface area contributed by atoms with Gasteiger partial charge in [-0.25, -0.2) is 0 Å². The standard InChI is InChI=1S/C54H36N2/c1-3-21-41(22-4-1)55-49-31-13-11-27-47(49)51(45-29-15-19-37-17-7-9-25-43(37)45)53(55)39-33-35-40(36-34-39)54-52(46-30-16-20-38-18-8-10-26-44(38)46)48-28-12-14-32-50(48)56(54)42-23-5-2-6-24-42/h1-36H. The molecule has 0 spiro atoms. The van der Waals surface area contributed by atoms with Crippen LogP contribution in [0.15, 0.2) is 218 Å². The van der Waals surface area contributed by atoms with E-state index in [-0.39, 0.29) is 0 Å². The predicted molar refractivity (Wildman–Crippen MR) is 237 cm³/mol. The quantitative estimate of drug-likeness (QED) is 0.162. The van der Waals surface area contributed by atoms with Gasteiger partial charge in [-0.05, 0) is 80.2 Å². The topological polar surface area (TPSA) is 9.86 Å². The second-order valence-electron chi connectivity index (χ2n) is 14.5. The highest BCUT2D eigenvalue weighted by Crippen LogP contribution is 2.48. The Balaban J connectivity index is 1.21. The van der Waals surface area contributed by atoms with Crippen LogP contribution in [0.1, 0.15) is 0 Å². The molecule has 0 amide bonds. The lowest BCUT2D eigenvalue weighted by Crippen LogP contribution is -1.99. The predicted octanol–water partition coefficient (Wildman–Crippen LogP) is 14.5. The molecule has 0 N–H and O–H groups in total. The minimum absolute atomic E-state index is 1.14. The molecular formula is C54H36N2. The maximum Gasteiger partial charge on any atom is 0.0619 e. The van der Waals surface area contributed by atoms with Gasteiger partial charge < -0.3 is 9.13 Å². The Morgan fingerprint density at radius 2 is 0.589 bits per heavy atom. The molecule has 0 aliphatic carbocycles. The Kier molecular flexibility index (Phi) is 7.53. The number of rotatable bonds is 6. The monoisotopic (exact) mass is 712 g/mol. The van der Waals surface area contributed by atoms with Gasteiger partial charge >= 0.3 is 0 Å². The van der Waals surface area contributed by atoms with Crippen LogP contribution in [-0.4, -0.2) is 9.13 Å². The molecule has 0 bridgehead atoms. The van der Waals surface area contributed by atoms with Crippen LogP contribution in [0.2, 0.25) is 0 Å². The van der Waals surface area contributed by atoms with Crippen molar-refractivity contribution in [3.05, 3.63) is 218 Å². The number of nitrogens with zero attached hydrogens (tertiary/aromatic N) is 2. The third kappa shape index (κ3) is 5.04. The molecule has 0 radical (unpaired) electrons. The molecule has 0 aliphatic rings. The second kappa shape index (κ2) is 13.2. The van der Waals surface area contributed by atoms with Gasteiger partial charge in [0, 0.05) is 33.3 Å². The molecule has 2 heteroatoms. The third-order valence-corrected chi connectivity index (χ3v) is 11.3. The van der Waals surface area contributed by atoms with Gasteiger partial charge in [0.1, 0.15) is 0 Å². The Morgan fingerprint density at radius 1 is 0.250 bits per heavy atom. The molecule has 9 aromatic carbocycles. The molecule has 0 fully saturated rings. The van der Waals surface area contributed by atoms with E-state index >= 15 is 0 Å². The van der Waals surface area contributed by atoms with E-state index in [1.807, 2.05) is 0 Å². The van der Waals surface area contributed by atoms with Crippen LogP contribution in [-0.2, 0) is 0 Å². The van der Waals surface area contributed by atoms with E-state index in [1.165, 1.54) is 77.0 Å². The van der Waals surface area contributed by atoms with E-state index in [0.717, 1.165) is 22.5 Å². The molecule has 0 saturated heterocycles. The summed E-state index contributed by atoms with van der Waals surface area (Å²) in [4.78, 5) is 0. The molecule has 262 valence electrons. The van der Waals surface area contributed by atoms with Gasteiger partial charge in [0.2, 0.25) is 0 Å². The fraction of sp³-hybridized carbons (Fsp3) is 0. The van der Waals surface area contributed by atoms with Crippen molar-refractivity contribution >= 4 is 43.4 Å². The Morgan fingerprint density at radius 3 is 1.02 bits per heavy atom. The van der Waals surface area contributed by atoms with Crippen LogP contribution >= 0.6 is 0 Å². The largest absolute Gasteiger partial charge is 0.309 e. The first kappa shape index (κ1) is 32.0. The van der Waals surface area contributed by atoms with Crippen molar-refractivity contribution in [1.82, 2.24) is 9.13 Å². The average Bonchev–Trinajstić information content (AvgIpc) is 3.80. The van der Waals surface area contributed by atoms with E-state index in [4.69, 9.17) is 0 Å². The zero-order chi connectivity index (χ0) is 37.0. The number of fused-ring (bicyclic) bond motifs is 4. The summed E-state index contributed by atoms with van der Waals surface area (Å²) in [5, 5.41) is 7.42. The maximum absolute atomic E-state index is 2.45. The molecule has 0 aliphatic heterocycles. The third-order valence-electron chi connectivity index (χ3n) is 11.3. The van der Waals surface area contributed by atoms with Crippen LogP contribution in [0, 0.1) is 0 Å². The maximum atomic E-state index is 2.45. The molecule has 56 heavy (non-hydrogen) atoms. The lowest BCUT2D eigenvalue weighted by Gasteiger charge is -2.17. The summed E-state index contributed by atoms with van der Waals surface area (Å²) >= 11 is 0. The number of hydrogen-bond donors (Lipinski definition) is 0. The van der Waals surface area contributed by atoms with E-state index in [0.29, 0.717) is 0 Å². The molecule has 0 atom stereocenters. The summed E-state index contributed by atoms with van der Waals surface area (Å²) in [6.07, 6.45) is 0. The Hall–Kier alpha value is -7.42. The Bertz CT molecular complexity index is 2990. The van der Waals surface area contributed by atoms with Crippen LogP contribution < -0.4 is 0 Å². The molecule has 0 saturated carbocycles. The van der Waals surface area contributed by atoms with Crippen LogP contribution in [0.3, 0.4) is 0 Å². The fourth-order valence-corrected chi connectivity index (χ4v) is 8.94. The van der Waals surface area contributed by atoms with Gasteiger partial charge in [-0.3, -0.25) is 0 Å². The van der Waals surface area contributed by atoms with Gasteiger partial charge in [0.15, 0.2) is 0 Å². The van der Waals surface area contributed by atoms with Crippen molar-refractivity contribution in [2.24, 2.45) is 0 Å². The molecule has 11 aromatic rings. The van der Waals surface area contributed by atoms with Crippen molar-refractivity contribution in [2.75, 3.05) is 0 Å². The minimum atomic E-state index is 1.14. The van der Waals surface area contributed by atoms with E-state index in [9.17, 15) is 0 Å². The zero-order valence-corrected chi connectivity index (χ0v) is 30.7. The highest BCUT2D eigenvalue weighted by molar-refractivity contribution is 6.13. The number of hydrogen-bond acceptors (Lipinski definition) is 0. The summed E-state index contributed by atoms with van der Waals surface area (Å²) in [6, 6.07) is 79.4. The van der Waals surface area contributed by atoms with Gasteiger partial charge in [0.25, 0.3) is 0 Å². The van der Waals surface area contributed by atoms with Crippen molar-refractivity contribution in [1.29, 1.82) is 0 Å². The van der Waals surface area contributed by atoms with Crippen molar-refractivity contribution in [3.8, 4) is 56.1 Å². The van der Waals surface area contributed by atoms with E-state index in [1.54, 1.807) is 0 Å². The first-order valence-electron chi connectivity index (χ1n) is 19.3. The average molecular weight is 713 g/mol. The fourth-order valence-electron chi connectivity index (χ4n) is 8.94. The molecule has 2 aromatic heterocycles. The van der Waals surface area contributed by atoms with Crippen molar-refractivity contribution < 1.29 is 0 Å². The van der Waals surface area contributed by atoms with Crippen LogP contribution in [0.4, 0.5) is 0 Å². The number of benzene rings is 9. The number of para-hydroxylation sites is 4. The first-order valence-corrected chi connectivity index (χ1v) is 19.3. The van der Waals surface area contributed by atoms with E-state index in [2.05, 4.69) is 228 Å². The highest BCUT2D eigenvalue weighted by atomic mass is 15.0. The smallest absolute Gasteiger partial charge is 0.0619 e. The SMILES string of the molecule is c1ccc(-n2c(-c3ccc(-c4c(-c5cccc6ccccc56)c5ccccc5n4-c4ccccc4)cc3)c(-c3cccc4ccccc34)c3ccccc32)cc1. The first-order chi connectivity index (χ1) is 27.8. The lowest BCUT2D eigenvalue weighted by atomic mass is 9.92. The summed E-state index contributed by atoms with van der Waals surface area (Å²) in [7, 11) is 0. The van der Waals surface area contributed by atoms with E-state index < -0.39 is 0 Å². The van der Waals surface area contributed by atoms with Gasteiger partial charge in [0.05, 0.1) is 22.4 Å². The zero-order valence-electron chi connectivity index (χ0n) is 30.7. The highest BCUT2D eigenvalue weighted by Gasteiger charge is 2.25. The lowest BCUT2D eigenvalue weighted by molar-refractivity contribution is 1.13. The molecule has 2 heterocycles. The molecule has 0 unspecified atom stereocenters. The van der Waals surface area contributed by atoms with Gasteiger partial charge in [-0.15, -0.1) is 0 Å². The van der Waals surface area contributed by atoms with Crippen LogP contribution in [0.5, 0.6) is 0 Å². The number of aromatic nitrogens is 2. The summed E-state index contributed by atoms with van der Waals surface area (Å²) in [5.41, 5.74) is 14.3. The van der Waals surface area contributed by atoms with Gasteiger partial charge in [-0.2, -0.15) is 0 Å². The second-order valence-corrected chi connectivity index (χ2v) is 14.5. The summed E-state index contributed by atoms with van der Waals surface area (Å²) in [6.45, 7) is 0. The minimum Gasteiger partial charge on any atom is -0.309 e. The molecule has 2 nitrogen and oxygen atoms in total. The normalized spacial score (nSPS) is 11.6. The molecular weight excluding hydrogens is 677 g/mol. The van der Waals surface area contributed by atoms with Crippen LogP contribution in [0.25, 0.3) is 99.5 Å². The Labute approximate surface area is 325 Å². The summed E-state index contributed by atoms with van der Waals surface area (Å²) in [5.74, 6) is 0. The summed E-state index contributed by atoms with van der Waals surface area (Å²) < 4.78 is 4.90. The van der Waals surface area contributed by atoms with Gasteiger partial charge in [-0.1, -0.05) is 182 Å².